The molecule has 0 amide bonds. The Labute approximate surface area is 133 Å². The molecule has 1 unspecified atom stereocenters. The molecule has 3 nitrogen and oxygen atoms in total. The first-order chi connectivity index (χ1) is 10.6. The maximum Gasteiger partial charge on any atom is 0.128 e. The van der Waals surface area contributed by atoms with E-state index >= 15 is 0 Å². The topological polar surface area (TPSA) is 59.1 Å². The molecule has 3 rings (SSSR count). The molecule has 0 aliphatic rings. The Hall–Kier alpha value is -2.17. The number of fused-ring (bicyclic) bond motifs is 1. The number of hydrogen-bond acceptors (Lipinski definition) is 4. The number of para-hydroxylation sites is 1. The first-order valence-corrected chi connectivity index (χ1v) is 8.00. The number of allylic oxidation sites excluding steroid dienone is 1. The van der Waals surface area contributed by atoms with Crippen molar-refractivity contribution in [1.82, 2.24) is 4.98 Å². The van der Waals surface area contributed by atoms with E-state index in [0.717, 1.165) is 31.9 Å². The number of benzene rings is 2. The number of phenolic OH excluding ortho intramolecular Hbond substituents is 1. The van der Waals surface area contributed by atoms with Crippen LogP contribution in [-0.2, 0) is 6.54 Å². The molecule has 0 radical (unpaired) electrons. The SMILES string of the molecule is C=CC(C)c1cccc2sc(-c3cc(CN)ccc3O)nc12. The van der Waals surface area contributed by atoms with Crippen molar-refractivity contribution in [2.24, 2.45) is 5.73 Å². The van der Waals surface area contributed by atoms with E-state index in [1.54, 1.807) is 17.4 Å². The monoisotopic (exact) mass is 310 g/mol. The zero-order valence-electron chi connectivity index (χ0n) is 12.4. The molecule has 0 fully saturated rings. The van der Waals surface area contributed by atoms with Crippen LogP contribution < -0.4 is 5.73 Å². The van der Waals surface area contributed by atoms with Gasteiger partial charge in [0.25, 0.3) is 0 Å². The number of thiazole rings is 1. The number of aromatic nitrogens is 1. The van der Waals surface area contributed by atoms with Crippen LogP contribution in [0.3, 0.4) is 0 Å². The largest absolute Gasteiger partial charge is 0.507 e. The average molecular weight is 310 g/mol. The summed E-state index contributed by atoms with van der Waals surface area (Å²) in [4.78, 5) is 4.76. The highest BCUT2D eigenvalue weighted by Gasteiger charge is 2.14. The summed E-state index contributed by atoms with van der Waals surface area (Å²) in [5.74, 6) is 0.470. The molecule has 0 saturated heterocycles. The molecule has 112 valence electrons. The lowest BCUT2D eigenvalue weighted by Crippen LogP contribution is -1.96. The number of nitrogens with zero attached hydrogens (tertiary/aromatic N) is 1. The summed E-state index contributed by atoms with van der Waals surface area (Å²) in [6.45, 7) is 6.41. The van der Waals surface area contributed by atoms with E-state index in [1.165, 1.54) is 0 Å². The third-order valence-electron chi connectivity index (χ3n) is 3.82. The van der Waals surface area contributed by atoms with Crippen LogP contribution in [-0.4, -0.2) is 10.1 Å². The Morgan fingerprint density at radius 1 is 1.36 bits per heavy atom. The van der Waals surface area contributed by atoms with E-state index in [9.17, 15) is 5.11 Å². The second-order valence-electron chi connectivity index (χ2n) is 5.29. The van der Waals surface area contributed by atoms with Gasteiger partial charge in [-0.05, 0) is 29.3 Å². The standard InChI is InChI=1S/C18H18N2OS/c1-3-11(2)13-5-4-6-16-17(13)20-18(22-16)14-9-12(10-19)7-8-15(14)21/h3-9,11,21H,1,10,19H2,2H3. The quantitative estimate of drug-likeness (QED) is 0.701. The number of phenols is 1. The van der Waals surface area contributed by atoms with Crippen molar-refractivity contribution in [2.75, 3.05) is 0 Å². The number of nitrogens with two attached hydrogens (primary N) is 1. The fourth-order valence-electron chi connectivity index (χ4n) is 2.46. The molecule has 0 saturated carbocycles. The lowest BCUT2D eigenvalue weighted by atomic mass is 10.0. The lowest BCUT2D eigenvalue weighted by Gasteiger charge is -2.06. The van der Waals surface area contributed by atoms with E-state index in [0.29, 0.717) is 6.54 Å². The van der Waals surface area contributed by atoms with Crippen molar-refractivity contribution in [3.05, 3.63) is 60.2 Å². The van der Waals surface area contributed by atoms with Crippen LogP contribution >= 0.6 is 11.3 Å². The third-order valence-corrected chi connectivity index (χ3v) is 4.88. The zero-order valence-corrected chi connectivity index (χ0v) is 13.2. The van der Waals surface area contributed by atoms with E-state index in [-0.39, 0.29) is 11.7 Å². The van der Waals surface area contributed by atoms with Gasteiger partial charge in [-0.2, -0.15) is 0 Å². The Morgan fingerprint density at radius 2 is 2.18 bits per heavy atom. The number of rotatable bonds is 4. The minimum Gasteiger partial charge on any atom is -0.507 e. The molecule has 0 aliphatic carbocycles. The second kappa shape index (κ2) is 5.91. The van der Waals surface area contributed by atoms with Crippen molar-refractivity contribution in [2.45, 2.75) is 19.4 Å². The molecule has 3 aromatic rings. The molecule has 1 atom stereocenters. The zero-order chi connectivity index (χ0) is 15.7. The first-order valence-electron chi connectivity index (χ1n) is 7.18. The number of hydrogen-bond donors (Lipinski definition) is 2. The van der Waals surface area contributed by atoms with Gasteiger partial charge in [-0.15, -0.1) is 17.9 Å². The van der Waals surface area contributed by atoms with Crippen LogP contribution in [0.25, 0.3) is 20.8 Å². The van der Waals surface area contributed by atoms with Gasteiger partial charge in [-0.3, -0.25) is 0 Å². The summed E-state index contributed by atoms with van der Waals surface area (Å²) in [5, 5.41) is 11.0. The molecule has 0 aliphatic heterocycles. The Morgan fingerprint density at radius 3 is 2.91 bits per heavy atom. The van der Waals surface area contributed by atoms with Crippen molar-refractivity contribution in [3.63, 3.8) is 0 Å². The minimum absolute atomic E-state index is 0.231. The van der Waals surface area contributed by atoms with Crippen molar-refractivity contribution in [1.29, 1.82) is 0 Å². The lowest BCUT2D eigenvalue weighted by molar-refractivity contribution is 0.477. The summed E-state index contributed by atoms with van der Waals surface area (Å²) in [6.07, 6.45) is 1.92. The maximum atomic E-state index is 10.1. The summed E-state index contributed by atoms with van der Waals surface area (Å²) in [6, 6.07) is 11.6. The fraction of sp³-hybridized carbons (Fsp3) is 0.167. The van der Waals surface area contributed by atoms with Crippen molar-refractivity contribution >= 4 is 21.6 Å². The molecular formula is C18H18N2OS. The van der Waals surface area contributed by atoms with Gasteiger partial charge >= 0.3 is 0 Å². The molecular weight excluding hydrogens is 292 g/mol. The highest BCUT2D eigenvalue weighted by atomic mass is 32.1. The molecule has 3 N–H and O–H groups in total. The van der Waals surface area contributed by atoms with Gasteiger partial charge in [-0.1, -0.05) is 31.2 Å². The van der Waals surface area contributed by atoms with E-state index in [2.05, 4.69) is 25.6 Å². The van der Waals surface area contributed by atoms with Gasteiger partial charge in [-0.25, -0.2) is 4.98 Å². The summed E-state index contributed by atoms with van der Waals surface area (Å²) >= 11 is 1.58. The molecule has 2 aromatic carbocycles. The highest BCUT2D eigenvalue weighted by Crippen LogP contribution is 2.38. The predicted octanol–water partition coefficient (Wildman–Crippen LogP) is 4.42. The Bertz CT molecular complexity index is 838. The van der Waals surface area contributed by atoms with Crippen LogP contribution in [0.1, 0.15) is 24.0 Å². The van der Waals surface area contributed by atoms with Crippen LogP contribution in [0.4, 0.5) is 0 Å². The minimum atomic E-state index is 0.231. The van der Waals surface area contributed by atoms with Crippen molar-refractivity contribution in [3.8, 4) is 16.3 Å². The normalized spacial score (nSPS) is 12.5. The molecule has 0 spiro atoms. The second-order valence-corrected chi connectivity index (χ2v) is 6.32. The van der Waals surface area contributed by atoms with Gasteiger partial charge in [0.15, 0.2) is 0 Å². The Balaban J connectivity index is 2.19. The summed E-state index contributed by atoms with van der Waals surface area (Å²) in [5.41, 5.74) is 9.55. The van der Waals surface area contributed by atoms with Gasteiger partial charge < -0.3 is 10.8 Å². The molecule has 1 aromatic heterocycles. The average Bonchev–Trinajstić information content (AvgIpc) is 2.98. The van der Waals surface area contributed by atoms with Gasteiger partial charge in [0.1, 0.15) is 10.8 Å². The summed E-state index contributed by atoms with van der Waals surface area (Å²) in [7, 11) is 0. The van der Waals surface area contributed by atoms with E-state index in [1.807, 2.05) is 24.3 Å². The van der Waals surface area contributed by atoms with Crippen LogP contribution in [0, 0.1) is 0 Å². The van der Waals surface area contributed by atoms with Gasteiger partial charge in [0.05, 0.1) is 15.8 Å². The number of aromatic hydroxyl groups is 1. The molecule has 1 heterocycles. The molecule has 4 heteroatoms. The van der Waals surface area contributed by atoms with Crippen LogP contribution in [0.5, 0.6) is 5.75 Å². The van der Waals surface area contributed by atoms with Crippen LogP contribution in [0.2, 0.25) is 0 Å². The van der Waals surface area contributed by atoms with Gasteiger partial charge in [0, 0.05) is 12.5 Å². The van der Waals surface area contributed by atoms with Crippen LogP contribution in [0.15, 0.2) is 49.1 Å². The molecule has 22 heavy (non-hydrogen) atoms. The smallest absolute Gasteiger partial charge is 0.128 e. The van der Waals surface area contributed by atoms with Gasteiger partial charge in [0.2, 0.25) is 0 Å². The fourth-order valence-corrected chi connectivity index (χ4v) is 3.49. The Kier molecular flexibility index (Phi) is 3.96. The van der Waals surface area contributed by atoms with Crippen molar-refractivity contribution < 1.29 is 5.11 Å². The maximum absolute atomic E-state index is 10.1. The van der Waals surface area contributed by atoms with E-state index < -0.39 is 0 Å². The predicted molar refractivity (Wildman–Crippen MR) is 93.2 cm³/mol. The van der Waals surface area contributed by atoms with E-state index in [4.69, 9.17) is 10.7 Å². The molecule has 0 bridgehead atoms. The first kappa shape index (κ1) is 14.8. The summed E-state index contributed by atoms with van der Waals surface area (Å²) < 4.78 is 1.11. The third kappa shape index (κ3) is 2.51. The highest BCUT2D eigenvalue weighted by molar-refractivity contribution is 7.21.